The molecule has 1 aromatic heterocycles. The number of aliphatic carboxylic acids is 1. The van der Waals surface area contributed by atoms with Gasteiger partial charge in [0.15, 0.2) is 0 Å². The Labute approximate surface area is 131 Å². The lowest BCUT2D eigenvalue weighted by molar-refractivity contribution is -0.138. The van der Waals surface area contributed by atoms with Gasteiger partial charge in [-0.3, -0.25) is 9.69 Å². The van der Waals surface area contributed by atoms with Crippen LogP contribution in [-0.2, 0) is 17.5 Å². The molecule has 0 radical (unpaired) electrons. The molecular formula is C16H16F3NO3. The van der Waals surface area contributed by atoms with E-state index < -0.39 is 17.7 Å². The molecule has 0 spiro atoms. The lowest BCUT2D eigenvalue weighted by Gasteiger charge is -2.13. The highest BCUT2D eigenvalue weighted by Gasteiger charge is 2.30. The summed E-state index contributed by atoms with van der Waals surface area (Å²) in [5.41, 5.74) is -0.384. The van der Waals surface area contributed by atoms with E-state index >= 15 is 0 Å². The first kappa shape index (κ1) is 17.1. The van der Waals surface area contributed by atoms with Gasteiger partial charge in [0.25, 0.3) is 0 Å². The minimum Gasteiger partial charge on any atom is -0.481 e. The van der Waals surface area contributed by atoms with Gasteiger partial charge in [0.2, 0.25) is 0 Å². The summed E-state index contributed by atoms with van der Waals surface area (Å²) in [5.74, 6) is 0.0176. The molecule has 1 heterocycles. The highest BCUT2D eigenvalue weighted by Crippen LogP contribution is 2.32. The molecule has 0 amide bonds. The van der Waals surface area contributed by atoms with E-state index in [1.54, 1.807) is 30.1 Å². The van der Waals surface area contributed by atoms with Crippen molar-refractivity contribution in [2.75, 3.05) is 13.6 Å². The molecule has 2 aromatic rings. The third-order valence-corrected chi connectivity index (χ3v) is 3.27. The van der Waals surface area contributed by atoms with Crippen molar-refractivity contribution in [1.29, 1.82) is 0 Å². The van der Waals surface area contributed by atoms with Crippen LogP contribution in [0.1, 0.15) is 17.7 Å². The fourth-order valence-corrected chi connectivity index (χ4v) is 2.10. The van der Waals surface area contributed by atoms with Crippen molar-refractivity contribution < 1.29 is 27.5 Å². The summed E-state index contributed by atoms with van der Waals surface area (Å²) in [4.78, 5) is 12.3. The standard InChI is InChI=1S/C16H16F3NO3/c1-20(8-7-15(21)22)10-13-5-6-14(23-13)11-3-2-4-12(9-11)16(17,18)19/h2-6,9H,7-8,10H2,1H3,(H,21,22). The first-order valence-electron chi connectivity index (χ1n) is 6.92. The number of hydrogen-bond acceptors (Lipinski definition) is 3. The van der Waals surface area contributed by atoms with Gasteiger partial charge in [-0.25, -0.2) is 0 Å². The fourth-order valence-electron chi connectivity index (χ4n) is 2.10. The number of nitrogens with zero attached hydrogens (tertiary/aromatic N) is 1. The summed E-state index contributed by atoms with van der Waals surface area (Å²) in [6.07, 6.45) is -4.39. The highest BCUT2D eigenvalue weighted by molar-refractivity contribution is 5.66. The smallest absolute Gasteiger partial charge is 0.416 e. The van der Waals surface area contributed by atoms with Crippen LogP contribution in [0.3, 0.4) is 0 Å². The SMILES string of the molecule is CN(CCC(=O)O)Cc1ccc(-c2cccc(C(F)(F)F)c2)o1. The van der Waals surface area contributed by atoms with Crippen molar-refractivity contribution in [3.05, 3.63) is 47.7 Å². The quantitative estimate of drug-likeness (QED) is 0.875. The highest BCUT2D eigenvalue weighted by atomic mass is 19.4. The van der Waals surface area contributed by atoms with E-state index in [1.165, 1.54) is 6.07 Å². The summed E-state index contributed by atoms with van der Waals surface area (Å²) in [7, 11) is 1.75. The molecule has 0 saturated carbocycles. The molecule has 1 N–H and O–H groups in total. The van der Waals surface area contributed by atoms with Crippen LogP contribution in [0.2, 0.25) is 0 Å². The molecule has 23 heavy (non-hydrogen) atoms. The van der Waals surface area contributed by atoms with Crippen LogP contribution >= 0.6 is 0 Å². The molecule has 2 rings (SSSR count). The van der Waals surface area contributed by atoms with Crippen molar-refractivity contribution in [3.63, 3.8) is 0 Å². The average Bonchev–Trinajstić information content (AvgIpc) is 2.93. The number of carbonyl (C=O) groups is 1. The molecule has 0 aliphatic carbocycles. The van der Waals surface area contributed by atoms with E-state index in [0.29, 0.717) is 30.2 Å². The van der Waals surface area contributed by atoms with Crippen LogP contribution in [0.25, 0.3) is 11.3 Å². The number of benzene rings is 1. The summed E-state index contributed by atoms with van der Waals surface area (Å²) in [6, 6.07) is 8.21. The van der Waals surface area contributed by atoms with Gasteiger partial charge < -0.3 is 9.52 Å². The van der Waals surface area contributed by atoms with Gasteiger partial charge in [-0.15, -0.1) is 0 Å². The summed E-state index contributed by atoms with van der Waals surface area (Å²) in [6.45, 7) is 0.737. The molecule has 0 aliphatic heterocycles. The van der Waals surface area contributed by atoms with Gasteiger partial charge in [-0.05, 0) is 31.3 Å². The molecule has 0 saturated heterocycles. The van der Waals surface area contributed by atoms with E-state index in [4.69, 9.17) is 9.52 Å². The zero-order chi connectivity index (χ0) is 17.0. The largest absolute Gasteiger partial charge is 0.481 e. The first-order valence-corrected chi connectivity index (χ1v) is 6.92. The van der Waals surface area contributed by atoms with Crippen molar-refractivity contribution in [2.45, 2.75) is 19.1 Å². The zero-order valence-electron chi connectivity index (χ0n) is 12.4. The molecule has 124 valence electrons. The van der Waals surface area contributed by atoms with Gasteiger partial charge in [0.1, 0.15) is 11.5 Å². The van der Waals surface area contributed by atoms with Gasteiger partial charge in [0.05, 0.1) is 18.5 Å². The Balaban J connectivity index is 2.09. The molecule has 7 heteroatoms. The minimum atomic E-state index is -4.40. The minimum absolute atomic E-state index is 0.0116. The fraction of sp³-hybridized carbons (Fsp3) is 0.312. The molecule has 4 nitrogen and oxygen atoms in total. The molecular weight excluding hydrogens is 311 g/mol. The average molecular weight is 327 g/mol. The number of alkyl halides is 3. The molecule has 0 unspecified atom stereocenters. The van der Waals surface area contributed by atoms with Crippen molar-refractivity contribution >= 4 is 5.97 Å². The third-order valence-electron chi connectivity index (χ3n) is 3.27. The first-order chi connectivity index (χ1) is 10.8. The number of furan rings is 1. The second-order valence-electron chi connectivity index (χ2n) is 5.23. The Morgan fingerprint density at radius 2 is 2.00 bits per heavy atom. The third kappa shape index (κ3) is 4.85. The van der Waals surface area contributed by atoms with Gasteiger partial charge >= 0.3 is 12.1 Å². The van der Waals surface area contributed by atoms with Crippen LogP contribution in [0.4, 0.5) is 13.2 Å². The lowest BCUT2D eigenvalue weighted by Crippen LogP contribution is -2.20. The van der Waals surface area contributed by atoms with Crippen LogP contribution in [-0.4, -0.2) is 29.6 Å². The van der Waals surface area contributed by atoms with Crippen molar-refractivity contribution in [2.24, 2.45) is 0 Å². The van der Waals surface area contributed by atoms with E-state index in [2.05, 4.69) is 0 Å². The van der Waals surface area contributed by atoms with E-state index in [0.717, 1.165) is 12.1 Å². The number of hydrogen-bond donors (Lipinski definition) is 1. The van der Waals surface area contributed by atoms with Gasteiger partial charge in [-0.1, -0.05) is 12.1 Å². The molecule has 0 bridgehead atoms. The Kier molecular flexibility index (Phi) is 5.10. The molecule has 0 atom stereocenters. The monoisotopic (exact) mass is 327 g/mol. The Bertz CT molecular complexity index is 679. The van der Waals surface area contributed by atoms with Crippen molar-refractivity contribution in [3.8, 4) is 11.3 Å². The van der Waals surface area contributed by atoms with Crippen molar-refractivity contribution in [1.82, 2.24) is 4.90 Å². The predicted molar refractivity (Wildman–Crippen MR) is 77.7 cm³/mol. The number of carboxylic acid groups (broad SMARTS) is 1. The second-order valence-corrected chi connectivity index (χ2v) is 5.23. The number of rotatable bonds is 6. The van der Waals surface area contributed by atoms with Gasteiger partial charge in [-0.2, -0.15) is 13.2 Å². The Hall–Kier alpha value is -2.28. The van der Waals surface area contributed by atoms with Crippen LogP contribution in [0, 0.1) is 0 Å². The van der Waals surface area contributed by atoms with Gasteiger partial charge in [0, 0.05) is 12.1 Å². The molecule has 1 aromatic carbocycles. The van der Waals surface area contributed by atoms with Crippen LogP contribution in [0.15, 0.2) is 40.8 Å². The Morgan fingerprint density at radius 3 is 2.65 bits per heavy atom. The lowest BCUT2D eigenvalue weighted by atomic mass is 10.1. The zero-order valence-corrected chi connectivity index (χ0v) is 12.4. The summed E-state index contributed by atoms with van der Waals surface area (Å²) < 4.78 is 43.7. The summed E-state index contributed by atoms with van der Waals surface area (Å²) >= 11 is 0. The topological polar surface area (TPSA) is 53.7 Å². The van der Waals surface area contributed by atoms with E-state index in [9.17, 15) is 18.0 Å². The maximum absolute atomic E-state index is 12.7. The second kappa shape index (κ2) is 6.87. The normalized spacial score (nSPS) is 11.9. The Morgan fingerprint density at radius 1 is 1.26 bits per heavy atom. The van der Waals surface area contributed by atoms with Crippen LogP contribution < -0.4 is 0 Å². The van der Waals surface area contributed by atoms with E-state index in [1.807, 2.05) is 0 Å². The predicted octanol–water partition coefficient (Wildman–Crippen LogP) is 3.87. The maximum Gasteiger partial charge on any atom is 0.416 e. The van der Waals surface area contributed by atoms with E-state index in [-0.39, 0.29) is 6.42 Å². The molecule has 0 fully saturated rings. The van der Waals surface area contributed by atoms with Crippen LogP contribution in [0.5, 0.6) is 0 Å². The maximum atomic E-state index is 12.7. The number of carboxylic acids is 1. The summed E-state index contributed by atoms with van der Waals surface area (Å²) in [5, 5.41) is 8.63. The number of halogens is 3. The molecule has 0 aliphatic rings.